The van der Waals surface area contributed by atoms with Gasteiger partial charge in [-0.15, -0.1) is 11.3 Å². The lowest BCUT2D eigenvalue weighted by molar-refractivity contribution is 0.0602. The van der Waals surface area contributed by atoms with Gasteiger partial charge >= 0.3 is 5.97 Å². The summed E-state index contributed by atoms with van der Waals surface area (Å²) in [6, 6.07) is 1.22. The number of esters is 1. The van der Waals surface area contributed by atoms with E-state index in [0.717, 1.165) is 15.6 Å². The zero-order chi connectivity index (χ0) is 12.5. The van der Waals surface area contributed by atoms with E-state index in [2.05, 4.69) is 4.74 Å². The van der Waals surface area contributed by atoms with Crippen LogP contribution in [0.15, 0.2) is 10.3 Å². The van der Waals surface area contributed by atoms with Crippen LogP contribution in [0.2, 0.25) is 0 Å². The average molecular weight is 264 g/mol. The molecule has 8 heteroatoms. The summed E-state index contributed by atoms with van der Waals surface area (Å²) in [6.45, 7) is 0. The highest BCUT2D eigenvalue weighted by molar-refractivity contribution is 7.91. The summed E-state index contributed by atoms with van der Waals surface area (Å²) in [7, 11) is 0.463. The van der Waals surface area contributed by atoms with E-state index >= 15 is 0 Å². The standard InChI is InChI=1S/C8H12N2O4S2/c1-10(2)16(12,13)6-4-5(7(9)15-6)8(11)14-3/h4H,9H2,1-3H3. The first-order valence-electron chi connectivity index (χ1n) is 4.21. The van der Waals surface area contributed by atoms with Gasteiger partial charge in [0.2, 0.25) is 0 Å². The fourth-order valence-corrected chi connectivity index (χ4v) is 3.37. The van der Waals surface area contributed by atoms with Crippen LogP contribution in [0.3, 0.4) is 0 Å². The first-order valence-corrected chi connectivity index (χ1v) is 6.46. The van der Waals surface area contributed by atoms with Crippen LogP contribution in [0.4, 0.5) is 5.00 Å². The lowest BCUT2D eigenvalue weighted by Gasteiger charge is -2.07. The molecule has 16 heavy (non-hydrogen) atoms. The van der Waals surface area contributed by atoms with Crippen LogP contribution in [0, 0.1) is 0 Å². The Morgan fingerprint density at radius 3 is 2.50 bits per heavy atom. The van der Waals surface area contributed by atoms with E-state index in [9.17, 15) is 13.2 Å². The molecule has 0 aliphatic heterocycles. The third-order valence-corrected chi connectivity index (χ3v) is 5.11. The molecule has 0 aliphatic carbocycles. The van der Waals surface area contributed by atoms with Gasteiger partial charge in [-0.3, -0.25) is 0 Å². The van der Waals surface area contributed by atoms with Gasteiger partial charge in [0, 0.05) is 14.1 Å². The summed E-state index contributed by atoms with van der Waals surface area (Å²) in [5, 5.41) is 0.132. The molecular formula is C8H12N2O4S2. The summed E-state index contributed by atoms with van der Waals surface area (Å²) in [6.07, 6.45) is 0. The molecule has 0 radical (unpaired) electrons. The Morgan fingerprint density at radius 1 is 1.50 bits per heavy atom. The van der Waals surface area contributed by atoms with Gasteiger partial charge in [0.1, 0.15) is 9.21 Å². The number of carbonyl (C=O) groups is 1. The molecule has 0 aromatic carbocycles. The molecule has 0 aliphatic rings. The number of hydrogen-bond donors (Lipinski definition) is 1. The van der Waals surface area contributed by atoms with Crippen molar-refractivity contribution in [2.75, 3.05) is 26.9 Å². The number of sulfonamides is 1. The van der Waals surface area contributed by atoms with Crippen molar-refractivity contribution in [3.8, 4) is 0 Å². The van der Waals surface area contributed by atoms with Crippen LogP contribution >= 0.6 is 11.3 Å². The van der Waals surface area contributed by atoms with Crippen molar-refractivity contribution >= 4 is 32.3 Å². The SMILES string of the molecule is COC(=O)c1cc(S(=O)(=O)N(C)C)sc1N. The Morgan fingerprint density at radius 2 is 2.06 bits per heavy atom. The molecule has 0 spiro atoms. The number of hydrogen-bond acceptors (Lipinski definition) is 6. The largest absolute Gasteiger partial charge is 0.465 e. The smallest absolute Gasteiger partial charge is 0.340 e. The van der Waals surface area contributed by atoms with Gasteiger partial charge in [-0.1, -0.05) is 0 Å². The zero-order valence-electron chi connectivity index (χ0n) is 9.05. The fraction of sp³-hybridized carbons (Fsp3) is 0.375. The van der Waals surface area contributed by atoms with Crippen LogP contribution < -0.4 is 5.73 Å². The van der Waals surface area contributed by atoms with Crippen molar-refractivity contribution in [1.82, 2.24) is 4.31 Å². The van der Waals surface area contributed by atoms with Crippen molar-refractivity contribution in [3.63, 3.8) is 0 Å². The molecule has 0 amide bonds. The number of rotatable bonds is 3. The van der Waals surface area contributed by atoms with Crippen LogP contribution in [0.5, 0.6) is 0 Å². The number of nitrogens with two attached hydrogens (primary N) is 1. The zero-order valence-corrected chi connectivity index (χ0v) is 10.7. The summed E-state index contributed by atoms with van der Waals surface area (Å²) in [4.78, 5) is 11.2. The monoisotopic (exact) mass is 264 g/mol. The molecule has 0 unspecified atom stereocenters. The van der Waals surface area contributed by atoms with Gasteiger partial charge in [-0.05, 0) is 6.07 Å². The molecule has 6 nitrogen and oxygen atoms in total. The van der Waals surface area contributed by atoms with Gasteiger partial charge in [0.05, 0.1) is 12.7 Å². The Kier molecular flexibility index (Phi) is 3.56. The maximum absolute atomic E-state index is 11.7. The van der Waals surface area contributed by atoms with Gasteiger partial charge in [0.25, 0.3) is 10.0 Å². The molecule has 1 rings (SSSR count). The Bertz CT molecular complexity index is 504. The number of thiophene rings is 1. The van der Waals surface area contributed by atoms with Gasteiger partial charge in [0.15, 0.2) is 0 Å². The van der Waals surface area contributed by atoms with Gasteiger partial charge in [-0.2, -0.15) is 0 Å². The summed E-state index contributed by atoms with van der Waals surface area (Å²) in [5.41, 5.74) is 5.63. The first-order chi connectivity index (χ1) is 7.30. The second kappa shape index (κ2) is 4.40. The Hall–Kier alpha value is -1.12. The van der Waals surface area contributed by atoms with Crippen molar-refractivity contribution in [3.05, 3.63) is 11.6 Å². The molecule has 2 N–H and O–H groups in total. The number of carbonyl (C=O) groups excluding carboxylic acids is 1. The van der Waals surface area contributed by atoms with Crippen LogP contribution in [0.25, 0.3) is 0 Å². The maximum atomic E-state index is 11.7. The fourth-order valence-electron chi connectivity index (χ4n) is 0.958. The number of ether oxygens (including phenoxy) is 1. The molecule has 0 saturated carbocycles. The third-order valence-electron chi connectivity index (χ3n) is 1.88. The summed E-state index contributed by atoms with van der Waals surface area (Å²) >= 11 is 0.841. The molecule has 0 bridgehead atoms. The number of nitrogen functional groups attached to an aromatic ring is 1. The highest BCUT2D eigenvalue weighted by Crippen LogP contribution is 2.30. The maximum Gasteiger partial charge on any atom is 0.340 e. The average Bonchev–Trinajstić information content (AvgIpc) is 2.59. The van der Waals surface area contributed by atoms with E-state index in [1.54, 1.807) is 0 Å². The molecular weight excluding hydrogens is 252 g/mol. The van der Waals surface area contributed by atoms with E-state index < -0.39 is 16.0 Å². The highest BCUT2D eigenvalue weighted by Gasteiger charge is 2.24. The van der Waals surface area contributed by atoms with Crippen LogP contribution in [-0.2, 0) is 14.8 Å². The lowest BCUT2D eigenvalue weighted by atomic mass is 10.3. The van der Waals surface area contributed by atoms with Crippen molar-refractivity contribution in [2.24, 2.45) is 0 Å². The van der Waals surface area contributed by atoms with Crippen molar-refractivity contribution in [1.29, 1.82) is 0 Å². The third kappa shape index (κ3) is 2.18. The van der Waals surface area contributed by atoms with E-state index in [-0.39, 0.29) is 14.8 Å². The molecule has 1 aromatic rings. The van der Waals surface area contributed by atoms with E-state index in [1.807, 2.05) is 0 Å². The van der Waals surface area contributed by atoms with Crippen LogP contribution in [-0.4, -0.2) is 39.9 Å². The second-order valence-electron chi connectivity index (χ2n) is 3.12. The van der Waals surface area contributed by atoms with E-state index in [4.69, 9.17) is 5.73 Å². The summed E-state index contributed by atoms with van der Waals surface area (Å²) in [5.74, 6) is -0.644. The van der Waals surface area contributed by atoms with Crippen LogP contribution in [0.1, 0.15) is 10.4 Å². The van der Waals surface area contributed by atoms with Crippen molar-refractivity contribution < 1.29 is 17.9 Å². The van der Waals surface area contributed by atoms with Gasteiger partial charge < -0.3 is 10.5 Å². The topological polar surface area (TPSA) is 89.7 Å². The molecule has 1 aromatic heterocycles. The van der Waals surface area contributed by atoms with E-state index in [1.165, 1.54) is 27.3 Å². The number of nitrogens with zero attached hydrogens (tertiary/aromatic N) is 1. The second-order valence-corrected chi connectivity index (χ2v) is 6.58. The molecule has 90 valence electrons. The summed E-state index contributed by atoms with van der Waals surface area (Å²) < 4.78 is 29.0. The minimum Gasteiger partial charge on any atom is -0.465 e. The molecule has 1 heterocycles. The molecule has 0 saturated heterocycles. The minimum absolute atomic E-state index is 0.0235. The minimum atomic E-state index is -3.56. The predicted octanol–water partition coefficient (Wildman–Crippen LogP) is 0.367. The predicted molar refractivity (Wildman–Crippen MR) is 60.9 cm³/mol. The highest BCUT2D eigenvalue weighted by atomic mass is 32.2. The molecule has 0 fully saturated rings. The Labute approximate surface area is 97.7 Å². The van der Waals surface area contributed by atoms with Gasteiger partial charge in [-0.25, -0.2) is 17.5 Å². The normalized spacial score (nSPS) is 11.8. The van der Waals surface area contributed by atoms with Crippen molar-refractivity contribution in [2.45, 2.75) is 4.21 Å². The molecule has 0 atom stereocenters. The first kappa shape index (κ1) is 12.9. The van der Waals surface area contributed by atoms with E-state index in [0.29, 0.717) is 0 Å². The Balaban J connectivity index is 3.26. The quantitative estimate of drug-likeness (QED) is 0.796. The number of methoxy groups -OCH3 is 1. The number of anilines is 1. The lowest BCUT2D eigenvalue weighted by Crippen LogP contribution is -2.21.